The summed E-state index contributed by atoms with van der Waals surface area (Å²) in [5, 5.41) is 11.7. The van der Waals surface area contributed by atoms with E-state index in [9.17, 15) is 9.18 Å². The average Bonchev–Trinajstić information content (AvgIpc) is 3.32. The van der Waals surface area contributed by atoms with Crippen LogP contribution in [0.2, 0.25) is 0 Å². The van der Waals surface area contributed by atoms with Gasteiger partial charge in [-0.1, -0.05) is 11.8 Å². The highest BCUT2D eigenvalue weighted by Crippen LogP contribution is 2.25. The van der Waals surface area contributed by atoms with Gasteiger partial charge in [-0.15, -0.1) is 10.2 Å². The maximum absolute atomic E-state index is 12.9. The maximum atomic E-state index is 12.9. The molecule has 0 aliphatic heterocycles. The third-order valence-electron chi connectivity index (χ3n) is 3.65. The second-order valence-corrected chi connectivity index (χ2v) is 6.57. The molecule has 9 heteroatoms. The molecule has 1 amide bonds. The highest BCUT2D eigenvalue weighted by Gasteiger charge is 2.17. The van der Waals surface area contributed by atoms with Crippen LogP contribution in [0.15, 0.2) is 52.2 Å². The van der Waals surface area contributed by atoms with E-state index in [1.54, 1.807) is 19.4 Å². The van der Waals surface area contributed by atoms with E-state index in [4.69, 9.17) is 9.15 Å². The number of nitrogens with one attached hydrogen (secondary N) is 1. The van der Waals surface area contributed by atoms with E-state index in [1.807, 2.05) is 10.6 Å². The van der Waals surface area contributed by atoms with Crippen molar-refractivity contribution in [2.45, 2.75) is 18.1 Å². The topological polar surface area (TPSA) is 82.2 Å². The number of aromatic nitrogens is 3. The predicted molar refractivity (Wildman–Crippen MR) is 100.0 cm³/mol. The number of amides is 1. The second-order valence-electron chi connectivity index (χ2n) is 5.63. The zero-order valence-electron chi connectivity index (χ0n) is 14.7. The molecule has 0 saturated heterocycles. The molecule has 3 aromatic rings. The molecule has 0 saturated carbocycles. The molecule has 2 heterocycles. The Bertz CT molecular complexity index is 865. The first-order chi connectivity index (χ1) is 13.2. The van der Waals surface area contributed by atoms with Gasteiger partial charge in [0.15, 0.2) is 16.7 Å². The van der Waals surface area contributed by atoms with Gasteiger partial charge in [0.1, 0.15) is 5.82 Å². The summed E-state index contributed by atoms with van der Waals surface area (Å²) in [6, 6.07) is 9.22. The first-order valence-corrected chi connectivity index (χ1v) is 9.30. The zero-order chi connectivity index (χ0) is 19.1. The lowest BCUT2D eigenvalue weighted by molar-refractivity contribution is -0.113. The van der Waals surface area contributed by atoms with Crippen LogP contribution in [0.3, 0.4) is 0 Å². The number of thioether (sulfide) groups is 1. The number of carbonyl (C=O) groups is 1. The van der Waals surface area contributed by atoms with Gasteiger partial charge in [0, 0.05) is 25.9 Å². The lowest BCUT2D eigenvalue weighted by atomic mass is 10.3. The van der Waals surface area contributed by atoms with Crippen molar-refractivity contribution in [3.8, 4) is 11.6 Å². The van der Waals surface area contributed by atoms with E-state index in [0.29, 0.717) is 35.6 Å². The summed E-state index contributed by atoms with van der Waals surface area (Å²) < 4.78 is 25.4. The number of anilines is 1. The molecule has 27 heavy (non-hydrogen) atoms. The molecular weight excluding hydrogens is 371 g/mol. The van der Waals surface area contributed by atoms with Crippen LogP contribution in [0.1, 0.15) is 6.42 Å². The molecule has 0 aliphatic carbocycles. The molecule has 0 radical (unpaired) electrons. The van der Waals surface area contributed by atoms with Gasteiger partial charge in [-0.05, 0) is 42.8 Å². The quantitative estimate of drug-likeness (QED) is 0.445. The number of methoxy groups -OCH3 is 1. The van der Waals surface area contributed by atoms with Crippen molar-refractivity contribution in [1.82, 2.24) is 14.8 Å². The molecule has 1 N–H and O–H groups in total. The smallest absolute Gasteiger partial charge is 0.234 e. The first-order valence-electron chi connectivity index (χ1n) is 8.31. The van der Waals surface area contributed by atoms with E-state index in [2.05, 4.69) is 15.5 Å². The normalized spacial score (nSPS) is 10.9. The minimum atomic E-state index is -0.350. The van der Waals surface area contributed by atoms with Crippen molar-refractivity contribution in [3.63, 3.8) is 0 Å². The summed E-state index contributed by atoms with van der Waals surface area (Å²) in [6.07, 6.45) is 2.35. The van der Waals surface area contributed by atoms with Crippen LogP contribution in [0, 0.1) is 5.82 Å². The van der Waals surface area contributed by atoms with Crippen molar-refractivity contribution in [3.05, 3.63) is 48.5 Å². The number of hydrogen-bond donors (Lipinski definition) is 1. The Hall–Kier alpha value is -2.65. The highest BCUT2D eigenvalue weighted by molar-refractivity contribution is 7.99. The van der Waals surface area contributed by atoms with E-state index in [1.165, 1.54) is 36.0 Å². The molecule has 0 atom stereocenters. The third kappa shape index (κ3) is 5.18. The van der Waals surface area contributed by atoms with Gasteiger partial charge < -0.3 is 14.5 Å². The molecule has 0 bridgehead atoms. The Morgan fingerprint density at radius 1 is 1.30 bits per heavy atom. The Kier molecular flexibility index (Phi) is 6.61. The summed E-state index contributed by atoms with van der Waals surface area (Å²) >= 11 is 1.27. The van der Waals surface area contributed by atoms with Gasteiger partial charge in [0.05, 0.1) is 12.0 Å². The number of rotatable bonds is 9. The van der Waals surface area contributed by atoms with Crippen LogP contribution in [-0.2, 0) is 16.1 Å². The molecule has 0 spiro atoms. The van der Waals surface area contributed by atoms with Crippen LogP contribution in [0.4, 0.5) is 10.1 Å². The highest BCUT2D eigenvalue weighted by atomic mass is 32.2. The second kappa shape index (κ2) is 9.33. The van der Waals surface area contributed by atoms with Crippen molar-refractivity contribution in [1.29, 1.82) is 0 Å². The van der Waals surface area contributed by atoms with Crippen LogP contribution in [-0.4, -0.2) is 40.1 Å². The summed E-state index contributed by atoms with van der Waals surface area (Å²) in [5.74, 6) is 0.812. The Balaban J connectivity index is 1.66. The lowest BCUT2D eigenvalue weighted by Crippen LogP contribution is -2.15. The fraction of sp³-hybridized carbons (Fsp3) is 0.278. The maximum Gasteiger partial charge on any atom is 0.234 e. The molecule has 0 unspecified atom stereocenters. The van der Waals surface area contributed by atoms with Gasteiger partial charge in [0.2, 0.25) is 5.91 Å². The number of benzene rings is 1. The number of hydrogen-bond acceptors (Lipinski definition) is 6. The van der Waals surface area contributed by atoms with E-state index in [-0.39, 0.29) is 17.5 Å². The van der Waals surface area contributed by atoms with Crippen LogP contribution in [0.5, 0.6) is 0 Å². The number of nitrogens with zero attached hydrogens (tertiary/aromatic N) is 3. The largest absolute Gasteiger partial charge is 0.461 e. The summed E-state index contributed by atoms with van der Waals surface area (Å²) in [5.41, 5.74) is 0.542. The van der Waals surface area contributed by atoms with E-state index < -0.39 is 0 Å². The molecule has 0 aliphatic rings. The first kappa shape index (κ1) is 19.1. The lowest BCUT2D eigenvalue weighted by Gasteiger charge is -2.09. The standard InChI is InChI=1S/C18H19FN4O3S/c1-25-10-3-9-23-17(15-4-2-11-26-15)21-22-18(23)27-12-16(24)20-14-7-5-13(19)6-8-14/h2,4-8,11H,3,9-10,12H2,1H3,(H,20,24). The fourth-order valence-electron chi connectivity index (χ4n) is 2.41. The number of carbonyl (C=O) groups excluding carboxylic acids is 1. The molecule has 2 aromatic heterocycles. The van der Waals surface area contributed by atoms with Crippen LogP contribution >= 0.6 is 11.8 Å². The van der Waals surface area contributed by atoms with Gasteiger partial charge in [-0.25, -0.2) is 4.39 Å². The fourth-order valence-corrected chi connectivity index (χ4v) is 3.18. The van der Waals surface area contributed by atoms with Crippen molar-refractivity contribution < 1.29 is 18.3 Å². The molecular formula is C18H19FN4O3S. The van der Waals surface area contributed by atoms with E-state index in [0.717, 1.165) is 6.42 Å². The SMILES string of the molecule is COCCCn1c(SCC(=O)Nc2ccc(F)cc2)nnc1-c1ccco1. The average molecular weight is 390 g/mol. The van der Waals surface area contributed by atoms with Gasteiger partial charge in [-0.3, -0.25) is 9.36 Å². The summed E-state index contributed by atoms with van der Waals surface area (Å²) in [4.78, 5) is 12.2. The monoisotopic (exact) mass is 390 g/mol. The number of halogens is 1. The number of ether oxygens (including phenoxy) is 1. The predicted octanol–water partition coefficient (Wildman–Crippen LogP) is 3.44. The van der Waals surface area contributed by atoms with Crippen molar-refractivity contribution in [2.75, 3.05) is 24.8 Å². The molecule has 3 rings (SSSR count). The zero-order valence-corrected chi connectivity index (χ0v) is 15.5. The van der Waals surface area contributed by atoms with Crippen molar-refractivity contribution in [2.24, 2.45) is 0 Å². The van der Waals surface area contributed by atoms with Gasteiger partial charge >= 0.3 is 0 Å². The molecule has 142 valence electrons. The molecule has 7 nitrogen and oxygen atoms in total. The number of furan rings is 1. The minimum absolute atomic E-state index is 0.151. The molecule has 1 aromatic carbocycles. The van der Waals surface area contributed by atoms with Gasteiger partial charge in [-0.2, -0.15) is 0 Å². The Labute approximate surface area is 159 Å². The Morgan fingerprint density at radius 2 is 2.11 bits per heavy atom. The van der Waals surface area contributed by atoms with Crippen LogP contribution < -0.4 is 5.32 Å². The van der Waals surface area contributed by atoms with E-state index >= 15 is 0 Å². The summed E-state index contributed by atoms with van der Waals surface area (Å²) in [6.45, 7) is 1.24. The third-order valence-corrected chi connectivity index (χ3v) is 4.62. The summed E-state index contributed by atoms with van der Waals surface area (Å²) in [7, 11) is 1.65. The molecule has 0 fully saturated rings. The van der Waals surface area contributed by atoms with Gasteiger partial charge in [0.25, 0.3) is 0 Å². The van der Waals surface area contributed by atoms with Crippen molar-refractivity contribution >= 4 is 23.4 Å². The Morgan fingerprint density at radius 3 is 2.81 bits per heavy atom. The minimum Gasteiger partial charge on any atom is -0.461 e. The van der Waals surface area contributed by atoms with Crippen LogP contribution in [0.25, 0.3) is 11.6 Å².